The molecule has 4 heterocycles. The van der Waals surface area contributed by atoms with Crippen LogP contribution >= 0.6 is 0 Å². The number of rotatable bonds is 5. The maximum Gasteiger partial charge on any atom is 0.283 e. The summed E-state index contributed by atoms with van der Waals surface area (Å²) >= 11 is 0. The molecule has 13 heteroatoms. The second kappa shape index (κ2) is 9.25. The van der Waals surface area contributed by atoms with Gasteiger partial charge in [-0.2, -0.15) is 8.42 Å². The average molecular weight is 585 g/mol. The van der Waals surface area contributed by atoms with Crippen LogP contribution in [0.4, 0.5) is 15.9 Å². The number of benzene rings is 2. The van der Waals surface area contributed by atoms with Gasteiger partial charge in [-0.3, -0.25) is 4.98 Å². The van der Waals surface area contributed by atoms with Gasteiger partial charge in [-0.1, -0.05) is 6.07 Å². The largest absolute Gasteiger partial charge is 0.373 e. The number of anilines is 2. The van der Waals surface area contributed by atoms with E-state index in [1.54, 1.807) is 24.4 Å². The summed E-state index contributed by atoms with van der Waals surface area (Å²) in [4.78, 5) is 8.54. The van der Waals surface area contributed by atoms with Gasteiger partial charge in [-0.15, -0.1) is 9.19 Å². The van der Waals surface area contributed by atoms with Gasteiger partial charge in [-0.25, -0.2) is 17.1 Å². The third-order valence-electron chi connectivity index (χ3n) is 8.02. The van der Waals surface area contributed by atoms with Crippen LogP contribution in [0.5, 0.6) is 0 Å². The normalized spacial score (nSPS) is 17.2. The Morgan fingerprint density at radius 3 is 2.30 bits per heavy atom. The van der Waals surface area contributed by atoms with E-state index in [4.69, 9.17) is 0 Å². The number of hydrogen-bond acceptors (Lipinski definition) is 8. The highest BCUT2D eigenvalue weighted by atomic mass is 32.2. The van der Waals surface area contributed by atoms with Crippen molar-refractivity contribution in [2.45, 2.75) is 28.0 Å². The molecule has 2 aliphatic rings. The minimum atomic E-state index is -4.15. The molecular weight excluding hydrogens is 555 g/mol. The van der Waals surface area contributed by atoms with Crippen molar-refractivity contribution in [2.24, 2.45) is 0 Å². The first kappa shape index (κ1) is 26.7. The first-order valence-corrected chi connectivity index (χ1v) is 15.7. The van der Waals surface area contributed by atoms with Crippen LogP contribution in [-0.4, -0.2) is 76.1 Å². The van der Waals surface area contributed by atoms with Gasteiger partial charge in [0.2, 0.25) is 10.0 Å². The van der Waals surface area contributed by atoms with Crippen molar-refractivity contribution >= 4 is 42.6 Å². The van der Waals surface area contributed by atoms with Gasteiger partial charge in [0.15, 0.2) is 5.82 Å². The lowest BCUT2D eigenvalue weighted by Crippen LogP contribution is -2.45. The van der Waals surface area contributed by atoms with Crippen LogP contribution in [0.15, 0.2) is 70.6 Å². The maximum absolute atomic E-state index is 13.9. The smallest absolute Gasteiger partial charge is 0.283 e. The van der Waals surface area contributed by atoms with Crippen LogP contribution in [0.1, 0.15) is 18.4 Å². The summed E-state index contributed by atoms with van der Waals surface area (Å²) in [5, 5.41) is 4.55. The molecule has 2 aromatic carbocycles. The second-order valence-corrected chi connectivity index (χ2v) is 14.5. The van der Waals surface area contributed by atoms with E-state index < -0.39 is 20.0 Å². The Morgan fingerprint density at radius 1 is 0.950 bits per heavy atom. The first-order chi connectivity index (χ1) is 18.9. The van der Waals surface area contributed by atoms with Crippen LogP contribution in [0.2, 0.25) is 0 Å². The molecule has 0 unspecified atom stereocenters. The van der Waals surface area contributed by atoms with Crippen LogP contribution in [-0.2, 0) is 25.5 Å². The van der Waals surface area contributed by atoms with Gasteiger partial charge < -0.3 is 9.80 Å². The Balaban J connectivity index is 1.33. The third kappa shape index (κ3) is 4.06. The maximum atomic E-state index is 13.9. The number of piperidine rings is 1. The zero-order chi connectivity index (χ0) is 28.4. The highest BCUT2D eigenvalue weighted by molar-refractivity contribution is 7.90. The van der Waals surface area contributed by atoms with Gasteiger partial charge in [0.05, 0.1) is 9.79 Å². The standard InChI is InChI=1S/C27H29FN6O4S2/c1-31(2)39(35,36)20-7-9-21(10-8-20)40(37,38)34-23-5-4-14-29-25(23)26(30-34)33-15-12-27(13-16-33)18-32(3)24-17-19(28)6-11-22(24)27/h4-11,14,17H,12-13,15-16,18H2,1-3H3. The van der Waals surface area contributed by atoms with Gasteiger partial charge in [0.1, 0.15) is 16.9 Å². The number of halogens is 1. The molecule has 2 aliphatic heterocycles. The third-order valence-corrected chi connectivity index (χ3v) is 11.5. The monoisotopic (exact) mass is 584 g/mol. The van der Waals surface area contributed by atoms with Gasteiger partial charge in [0, 0.05) is 58.1 Å². The molecule has 0 radical (unpaired) electrons. The van der Waals surface area contributed by atoms with E-state index in [0.717, 1.165) is 39.0 Å². The fourth-order valence-corrected chi connectivity index (χ4v) is 8.04. The predicted octanol–water partition coefficient (Wildman–Crippen LogP) is 3.05. The van der Waals surface area contributed by atoms with E-state index in [1.165, 1.54) is 44.4 Å². The minimum absolute atomic E-state index is 0.00626. The zero-order valence-corrected chi connectivity index (χ0v) is 24.0. The van der Waals surface area contributed by atoms with Crippen molar-refractivity contribution in [3.63, 3.8) is 0 Å². The number of pyridine rings is 1. The lowest BCUT2D eigenvalue weighted by molar-refractivity contribution is 0.352. The molecule has 210 valence electrons. The summed E-state index contributed by atoms with van der Waals surface area (Å²) in [6.45, 7) is 2.05. The minimum Gasteiger partial charge on any atom is -0.373 e. The van der Waals surface area contributed by atoms with Crippen LogP contribution < -0.4 is 9.80 Å². The van der Waals surface area contributed by atoms with E-state index in [2.05, 4.69) is 19.9 Å². The van der Waals surface area contributed by atoms with E-state index in [0.29, 0.717) is 29.9 Å². The van der Waals surface area contributed by atoms with Crippen LogP contribution in [0.25, 0.3) is 11.0 Å². The summed E-state index contributed by atoms with van der Waals surface area (Å²) in [7, 11) is -3.05. The molecule has 0 N–H and O–H groups in total. The quantitative estimate of drug-likeness (QED) is 0.352. The van der Waals surface area contributed by atoms with Crippen LogP contribution in [0.3, 0.4) is 0 Å². The Labute approximate surface area is 232 Å². The van der Waals surface area contributed by atoms with E-state index in [9.17, 15) is 21.2 Å². The van der Waals surface area contributed by atoms with E-state index >= 15 is 0 Å². The molecule has 0 amide bonds. The van der Waals surface area contributed by atoms with E-state index in [-0.39, 0.29) is 21.0 Å². The molecule has 1 fully saturated rings. The summed E-state index contributed by atoms with van der Waals surface area (Å²) in [5.41, 5.74) is 2.76. The lowest BCUT2D eigenvalue weighted by atomic mass is 9.74. The molecule has 0 bridgehead atoms. The summed E-state index contributed by atoms with van der Waals surface area (Å²) in [5.74, 6) is 0.227. The van der Waals surface area contributed by atoms with Crippen molar-refractivity contribution in [3.05, 3.63) is 72.2 Å². The average Bonchev–Trinajstić information content (AvgIpc) is 3.45. The highest BCUT2D eigenvalue weighted by Crippen LogP contribution is 2.47. The SMILES string of the molecule is CN1CC2(CCN(c3nn(S(=O)(=O)c4ccc(S(=O)(=O)N(C)C)cc4)c4cccnc34)CC2)c2ccc(F)cc21. The molecule has 1 spiro atoms. The molecule has 40 heavy (non-hydrogen) atoms. The van der Waals surface area contributed by atoms with Crippen molar-refractivity contribution in [1.82, 2.24) is 18.5 Å². The second-order valence-electron chi connectivity index (χ2n) is 10.6. The van der Waals surface area contributed by atoms with Gasteiger partial charge in [0.25, 0.3) is 10.0 Å². The Kier molecular flexibility index (Phi) is 6.16. The molecule has 10 nitrogen and oxygen atoms in total. The van der Waals surface area contributed by atoms with Crippen LogP contribution in [0, 0.1) is 5.82 Å². The lowest BCUT2D eigenvalue weighted by Gasteiger charge is -2.40. The first-order valence-electron chi connectivity index (χ1n) is 12.8. The van der Waals surface area contributed by atoms with Crippen molar-refractivity contribution < 1.29 is 21.2 Å². The number of fused-ring (bicyclic) bond motifs is 3. The number of nitrogens with zero attached hydrogens (tertiary/aromatic N) is 6. The molecule has 0 atom stereocenters. The topological polar surface area (TPSA) is 109 Å². The number of hydrogen-bond donors (Lipinski definition) is 0. The van der Waals surface area contributed by atoms with Crippen molar-refractivity contribution in [2.75, 3.05) is 50.6 Å². The highest BCUT2D eigenvalue weighted by Gasteiger charge is 2.44. The van der Waals surface area contributed by atoms with Crippen molar-refractivity contribution in [3.8, 4) is 0 Å². The fourth-order valence-electron chi connectivity index (χ4n) is 5.87. The number of likely N-dealkylation sites (N-methyl/N-ethyl adjacent to an activating group) is 1. The molecular formula is C27H29FN6O4S2. The zero-order valence-electron chi connectivity index (χ0n) is 22.3. The molecule has 0 saturated carbocycles. The summed E-state index contributed by atoms with van der Waals surface area (Å²) in [6, 6.07) is 13.4. The summed E-state index contributed by atoms with van der Waals surface area (Å²) in [6.07, 6.45) is 3.20. The fraction of sp³-hybridized carbons (Fsp3) is 0.333. The Morgan fingerprint density at radius 2 is 1.62 bits per heavy atom. The van der Waals surface area contributed by atoms with Gasteiger partial charge in [-0.05, 0) is 66.9 Å². The number of aromatic nitrogens is 3. The van der Waals surface area contributed by atoms with E-state index in [1.807, 2.05) is 13.1 Å². The Hall–Kier alpha value is -3.55. The predicted molar refractivity (Wildman–Crippen MR) is 150 cm³/mol. The molecule has 4 aromatic rings. The molecule has 2 aromatic heterocycles. The molecule has 1 saturated heterocycles. The number of sulfonamides is 1. The van der Waals surface area contributed by atoms with Crippen molar-refractivity contribution in [1.29, 1.82) is 0 Å². The van der Waals surface area contributed by atoms with Gasteiger partial charge >= 0.3 is 0 Å². The molecule has 0 aliphatic carbocycles. The molecule has 6 rings (SSSR count). The summed E-state index contributed by atoms with van der Waals surface area (Å²) < 4.78 is 68.2. The Bertz CT molecular complexity index is 1830.